The Kier molecular flexibility index (Phi) is 3.65. The van der Waals surface area contributed by atoms with Gasteiger partial charge in [-0.25, -0.2) is 9.59 Å². The minimum Gasteiger partial charge on any atom is -0.479 e. The van der Waals surface area contributed by atoms with E-state index in [1.807, 2.05) is 0 Å². The Labute approximate surface area is 87.3 Å². The predicted molar refractivity (Wildman–Crippen MR) is 50.2 cm³/mol. The summed E-state index contributed by atoms with van der Waals surface area (Å²) in [6, 6.07) is 0. The lowest BCUT2D eigenvalue weighted by Gasteiger charge is -2.22. The summed E-state index contributed by atoms with van der Waals surface area (Å²) in [5.74, 6) is -2.26. The molecule has 0 bridgehead atoms. The van der Waals surface area contributed by atoms with Gasteiger partial charge in [0.05, 0.1) is 13.2 Å². The molecule has 6 nitrogen and oxygen atoms in total. The zero-order valence-electron chi connectivity index (χ0n) is 8.56. The molecule has 1 aliphatic rings. The Morgan fingerprint density at radius 1 is 1.67 bits per heavy atom. The third-order valence-corrected chi connectivity index (χ3v) is 2.47. The summed E-state index contributed by atoms with van der Waals surface area (Å²) in [4.78, 5) is 22.3. The molecule has 15 heavy (non-hydrogen) atoms. The third kappa shape index (κ3) is 2.45. The molecule has 3 N–H and O–H groups in total. The van der Waals surface area contributed by atoms with Crippen molar-refractivity contribution in [3.63, 3.8) is 0 Å². The van der Waals surface area contributed by atoms with Gasteiger partial charge in [0.1, 0.15) is 6.10 Å². The molecular formula is C9H15NO5. The first-order chi connectivity index (χ1) is 7.00. The lowest BCUT2D eigenvalue weighted by molar-refractivity contribution is -0.164. The molecule has 1 rings (SSSR count). The number of hydrogen-bond donors (Lipinski definition) is 2. The number of carbonyl (C=O) groups is 2. The molecule has 0 amide bonds. The molecule has 6 heteroatoms. The zero-order chi connectivity index (χ0) is 11.5. The van der Waals surface area contributed by atoms with Crippen LogP contribution in [0.1, 0.15) is 19.8 Å². The van der Waals surface area contributed by atoms with E-state index in [1.54, 1.807) is 0 Å². The molecule has 0 radical (unpaired) electrons. The Hall–Kier alpha value is -1.14. The predicted octanol–water partition coefficient (Wildman–Crippen LogP) is -0.489. The number of carboxylic acid groups (broad SMARTS) is 1. The lowest BCUT2D eigenvalue weighted by Crippen LogP contribution is -2.56. The first kappa shape index (κ1) is 11.9. The Bertz CT molecular complexity index is 261. The zero-order valence-corrected chi connectivity index (χ0v) is 8.56. The van der Waals surface area contributed by atoms with Crippen molar-refractivity contribution in [3.8, 4) is 0 Å². The number of hydrogen-bond acceptors (Lipinski definition) is 5. The van der Waals surface area contributed by atoms with E-state index in [4.69, 9.17) is 20.3 Å². The van der Waals surface area contributed by atoms with Crippen molar-refractivity contribution >= 4 is 11.9 Å². The highest BCUT2D eigenvalue weighted by Gasteiger charge is 2.43. The fourth-order valence-corrected chi connectivity index (χ4v) is 1.25. The highest BCUT2D eigenvalue weighted by atomic mass is 16.6. The SMILES string of the molecule is CCC(N)(C(=O)O)C(=O)OC1CCOC1. The molecule has 0 aromatic heterocycles. The van der Waals surface area contributed by atoms with Crippen LogP contribution in [0.2, 0.25) is 0 Å². The molecule has 1 fully saturated rings. The van der Waals surface area contributed by atoms with Gasteiger partial charge in [0.25, 0.3) is 0 Å². The van der Waals surface area contributed by atoms with Gasteiger partial charge in [-0.05, 0) is 6.42 Å². The van der Waals surface area contributed by atoms with Crippen LogP contribution in [0.15, 0.2) is 0 Å². The molecule has 0 aromatic carbocycles. The first-order valence-electron chi connectivity index (χ1n) is 4.81. The highest BCUT2D eigenvalue weighted by Crippen LogP contribution is 2.15. The molecule has 0 aromatic rings. The molecule has 86 valence electrons. The maximum atomic E-state index is 11.5. The second-order valence-corrected chi connectivity index (χ2v) is 3.52. The van der Waals surface area contributed by atoms with E-state index in [1.165, 1.54) is 6.92 Å². The maximum Gasteiger partial charge on any atom is 0.338 e. The van der Waals surface area contributed by atoms with Crippen LogP contribution >= 0.6 is 0 Å². The molecule has 1 saturated heterocycles. The lowest BCUT2D eigenvalue weighted by atomic mass is 9.98. The molecule has 2 atom stereocenters. The van der Waals surface area contributed by atoms with Gasteiger partial charge in [0.15, 0.2) is 0 Å². The number of carboxylic acids is 1. The molecule has 0 aliphatic carbocycles. The van der Waals surface area contributed by atoms with Gasteiger partial charge in [0, 0.05) is 6.42 Å². The van der Waals surface area contributed by atoms with Crippen molar-refractivity contribution in [1.82, 2.24) is 0 Å². The molecule has 1 aliphatic heterocycles. The Morgan fingerprint density at radius 3 is 2.73 bits per heavy atom. The van der Waals surface area contributed by atoms with Gasteiger partial charge in [-0.1, -0.05) is 6.92 Å². The number of nitrogens with two attached hydrogens (primary N) is 1. The number of aliphatic carboxylic acids is 1. The second kappa shape index (κ2) is 4.59. The smallest absolute Gasteiger partial charge is 0.338 e. The van der Waals surface area contributed by atoms with Gasteiger partial charge >= 0.3 is 11.9 Å². The number of esters is 1. The van der Waals surface area contributed by atoms with Crippen LogP contribution in [0.4, 0.5) is 0 Å². The highest BCUT2D eigenvalue weighted by molar-refractivity contribution is 6.03. The van der Waals surface area contributed by atoms with Crippen LogP contribution in [0, 0.1) is 0 Å². The van der Waals surface area contributed by atoms with Gasteiger partial charge < -0.3 is 20.3 Å². The average Bonchev–Trinajstić information content (AvgIpc) is 2.68. The average molecular weight is 217 g/mol. The molecule has 1 heterocycles. The topological polar surface area (TPSA) is 98.9 Å². The monoisotopic (exact) mass is 217 g/mol. The Balaban J connectivity index is 2.60. The van der Waals surface area contributed by atoms with Gasteiger partial charge in [-0.3, -0.25) is 0 Å². The molecule has 2 unspecified atom stereocenters. The number of carbonyl (C=O) groups excluding carboxylic acids is 1. The van der Waals surface area contributed by atoms with E-state index in [9.17, 15) is 9.59 Å². The van der Waals surface area contributed by atoms with Crippen molar-refractivity contribution in [2.24, 2.45) is 5.73 Å². The molecular weight excluding hydrogens is 202 g/mol. The fraction of sp³-hybridized carbons (Fsp3) is 0.778. The molecule has 0 spiro atoms. The summed E-state index contributed by atoms with van der Waals surface area (Å²) < 4.78 is 9.96. The van der Waals surface area contributed by atoms with Crippen LogP contribution in [-0.4, -0.2) is 41.9 Å². The van der Waals surface area contributed by atoms with Crippen LogP contribution in [-0.2, 0) is 19.1 Å². The van der Waals surface area contributed by atoms with E-state index >= 15 is 0 Å². The van der Waals surface area contributed by atoms with Crippen molar-refractivity contribution in [2.75, 3.05) is 13.2 Å². The summed E-state index contributed by atoms with van der Waals surface area (Å²) in [7, 11) is 0. The summed E-state index contributed by atoms with van der Waals surface area (Å²) in [6.07, 6.45) is 0.214. The minimum absolute atomic E-state index is 0.00521. The van der Waals surface area contributed by atoms with Crippen molar-refractivity contribution in [3.05, 3.63) is 0 Å². The van der Waals surface area contributed by atoms with E-state index in [-0.39, 0.29) is 12.5 Å². The second-order valence-electron chi connectivity index (χ2n) is 3.52. The van der Waals surface area contributed by atoms with Crippen molar-refractivity contribution in [1.29, 1.82) is 0 Å². The van der Waals surface area contributed by atoms with E-state index < -0.39 is 17.5 Å². The van der Waals surface area contributed by atoms with Gasteiger partial charge in [0.2, 0.25) is 5.54 Å². The summed E-state index contributed by atoms with van der Waals surface area (Å²) >= 11 is 0. The van der Waals surface area contributed by atoms with E-state index in [0.29, 0.717) is 19.6 Å². The van der Waals surface area contributed by atoms with Crippen molar-refractivity contribution in [2.45, 2.75) is 31.4 Å². The minimum atomic E-state index is -1.94. The van der Waals surface area contributed by atoms with Gasteiger partial charge in [-0.15, -0.1) is 0 Å². The quantitative estimate of drug-likeness (QED) is 0.487. The number of ether oxygens (including phenoxy) is 2. The largest absolute Gasteiger partial charge is 0.479 e. The van der Waals surface area contributed by atoms with Crippen LogP contribution < -0.4 is 5.73 Å². The third-order valence-electron chi connectivity index (χ3n) is 2.47. The van der Waals surface area contributed by atoms with Crippen LogP contribution in [0.5, 0.6) is 0 Å². The maximum absolute atomic E-state index is 11.5. The van der Waals surface area contributed by atoms with Gasteiger partial charge in [-0.2, -0.15) is 0 Å². The number of rotatable bonds is 4. The normalized spacial score (nSPS) is 24.5. The summed E-state index contributed by atoms with van der Waals surface area (Å²) in [6.45, 7) is 2.36. The van der Waals surface area contributed by atoms with Crippen molar-refractivity contribution < 1.29 is 24.2 Å². The standard InChI is InChI=1S/C9H15NO5/c1-2-9(10,7(11)12)8(13)15-6-3-4-14-5-6/h6H,2-5,10H2,1H3,(H,11,12). The molecule has 0 saturated carbocycles. The fourth-order valence-electron chi connectivity index (χ4n) is 1.25. The first-order valence-corrected chi connectivity index (χ1v) is 4.81. The Morgan fingerprint density at radius 2 is 2.33 bits per heavy atom. The van der Waals surface area contributed by atoms with E-state index in [0.717, 1.165) is 0 Å². The summed E-state index contributed by atoms with van der Waals surface area (Å²) in [5.41, 5.74) is 3.50. The summed E-state index contributed by atoms with van der Waals surface area (Å²) in [5, 5.41) is 8.82. The van der Waals surface area contributed by atoms with Crippen LogP contribution in [0.3, 0.4) is 0 Å². The van der Waals surface area contributed by atoms with Crippen LogP contribution in [0.25, 0.3) is 0 Å². The van der Waals surface area contributed by atoms with E-state index in [2.05, 4.69) is 0 Å².